The molecule has 0 fully saturated rings. The van der Waals surface area contributed by atoms with Crippen molar-refractivity contribution >= 4 is 11.1 Å². The molecule has 0 amide bonds. The van der Waals surface area contributed by atoms with Gasteiger partial charge in [0.15, 0.2) is 0 Å². The molecule has 0 heterocycles. The SMILES string of the molecule is CCC/C(=C(\c1ccccc1)c1ccc(OCCN(C)O)cc1)c1ccccc1. The van der Waals surface area contributed by atoms with Gasteiger partial charge in [-0.3, -0.25) is 0 Å². The van der Waals surface area contributed by atoms with Crippen LogP contribution in [0.3, 0.4) is 0 Å². The summed E-state index contributed by atoms with van der Waals surface area (Å²) in [6.07, 6.45) is 2.09. The van der Waals surface area contributed by atoms with Gasteiger partial charge in [-0.2, -0.15) is 5.06 Å². The topological polar surface area (TPSA) is 32.7 Å². The Kier molecular flexibility index (Phi) is 7.62. The van der Waals surface area contributed by atoms with Crippen LogP contribution in [0.1, 0.15) is 36.5 Å². The smallest absolute Gasteiger partial charge is 0.119 e. The summed E-state index contributed by atoms with van der Waals surface area (Å²) in [7, 11) is 1.61. The van der Waals surface area contributed by atoms with Crippen LogP contribution in [0.2, 0.25) is 0 Å². The van der Waals surface area contributed by atoms with Crippen molar-refractivity contribution in [2.75, 3.05) is 20.2 Å². The minimum atomic E-state index is 0.443. The van der Waals surface area contributed by atoms with E-state index in [4.69, 9.17) is 4.74 Å². The third-order valence-electron chi connectivity index (χ3n) is 4.81. The van der Waals surface area contributed by atoms with Crippen LogP contribution in [-0.2, 0) is 0 Å². The average molecular weight is 388 g/mol. The Morgan fingerprint density at radius 3 is 1.90 bits per heavy atom. The number of allylic oxidation sites excluding steroid dienone is 1. The molecule has 0 aliphatic heterocycles. The van der Waals surface area contributed by atoms with Gasteiger partial charge >= 0.3 is 0 Å². The number of hydroxylamine groups is 2. The van der Waals surface area contributed by atoms with Crippen LogP contribution < -0.4 is 4.74 Å². The van der Waals surface area contributed by atoms with E-state index in [1.807, 2.05) is 12.1 Å². The van der Waals surface area contributed by atoms with Gasteiger partial charge in [0.2, 0.25) is 0 Å². The number of ether oxygens (including phenoxy) is 1. The molecular weight excluding hydrogens is 358 g/mol. The zero-order chi connectivity index (χ0) is 20.5. The highest BCUT2D eigenvalue weighted by atomic mass is 16.5. The van der Waals surface area contributed by atoms with Crippen molar-refractivity contribution in [2.45, 2.75) is 19.8 Å². The summed E-state index contributed by atoms with van der Waals surface area (Å²) < 4.78 is 5.73. The first-order valence-corrected chi connectivity index (χ1v) is 10.2. The van der Waals surface area contributed by atoms with Gasteiger partial charge in [0.25, 0.3) is 0 Å². The molecule has 3 rings (SSSR count). The quantitative estimate of drug-likeness (QED) is 0.353. The van der Waals surface area contributed by atoms with Crippen molar-refractivity contribution in [1.82, 2.24) is 5.06 Å². The van der Waals surface area contributed by atoms with Crippen LogP contribution in [-0.4, -0.2) is 30.5 Å². The maximum absolute atomic E-state index is 9.24. The highest BCUT2D eigenvalue weighted by molar-refractivity contribution is 5.98. The molecule has 1 N–H and O–H groups in total. The van der Waals surface area contributed by atoms with E-state index in [0.717, 1.165) is 23.7 Å². The standard InChI is InChI=1S/C26H29NO2/c1-3-10-25(21-11-6-4-7-12-21)26(22-13-8-5-9-14-22)23-15-17-24(18-16-23)29-20-19-27(2)28/h4-9,11-18,28H,3,10,19-20H2,1-2H3/b26-25-. The van der Waals surface area contributed by atoms with Gasteiger partial charge in [0, 0.05) is 7.05 Å². The highest BCUT2D eigenvalue weighted by Crippen LogP contribution is 2.35. The number of likely N-dealkylation sites (N-methyl/N-ethyl adjacent to an activating group) is 1. The van der Waals surface area contributed by atoms with Crippen LogP contribution >= 0.6 is 0 Å². The second kappa shape index (κ2) is 10.6. The van der Waals surface area contributed by atoms with Gasteiger partial charge in [-0.25, -0.2) is 0 Å². The van der Waals surface area contributed by atoms with Gasteiger partial charge in [0.1, 0.15) is 12.4 Å². The molecule has 150 valence electrons. The zero-order valence-electron chi connectivity index (χ0n) is 17.2. The summed E-state index contributed by atoms with van der Waals surface area (Å²) in [6, 6.07) is 29.5. The average Bonchev–Trinajstić information content (AvgIpc) is 2.75. The van der Waals surface area contributed by atoms with Crippen molar-refractivity contribution in [3.8, 4) is 5.75 Å². The Bertz CT molecular complexity index is 900. The zero-order valence-corrected chi connectivity index (χ0v) is 17.2. The molecule has 0 aliphatic carbocycles. The van der Waals surface area contributed by atoms with Crippen molar-refractivity contribution < 1.29 is 9.94 Å². The molecule has 0 aliphatic rings. The normalized spacial score (nSPS) is 12.0. The molecule has 3 nitrogen and oxygen atoms in total. The maximum atomic E-state index is 9.24. The minimum Gasteiger partial charge on any atom is -0.492 e. The van der Waals surface area contributed by atoms with Crippen LogP contribution in [0.5, 0.6) is 5.75 Å². The molecule has 3 aromatic carbocycles. The predicted molar refractivity (Wildman–Crippen MR) is 120 cm³/mol. The lowest BCUT2D eigenvalue weighted by Gasteiger charge is -2.17. The second-order valence-corrected chi connectivity index (χ2v) is 7.09. The summed E-state index contributed by atoms with van der Waals surface area (Å²) >= 11 is 0. The van der Waals surface area contributed by atoms with Gasteiger partial charge in [-0.15, -0.1) is 0 Å². The molecule has 29 heavy (non-hydrogen) atoms. The fraction of sp³-hybridized carbons (Fsp3) is 0.231. The molecule has 0 spiro atoms. The molecule has 3 heteroatoms. The van der Waals surface area contributed by atoms with Gasteiger partial charge < -0.3 is 9.94 Å². The first-order valence-electron chi connectivity index (χ1n) is 10.2. The van der Waals surface area contributed by atoms with Crippen LogP contribution in [0.25, 0.3) is 11.1 Å². The third-order valence-corrected chi connectivity index (χ3v) is 4.81. The number of rotatable bonds is 9. The fourth-order valence-electron chi connectivity index (χ4n) is 3.44. The van der Waals surface area contributed by atoms with Crippen molar-refractivity contribution in [1.29, 1.82) is 0 Å². The van der Waals surface area contributed by atoms with E-state index in [2.05, 4.69) is 79.7 Å². The van der Waals surface area contributed by atoms with E-state index in [9.17, 15) is 5.21 Å². The molecule has 3 aromatic rings. The summed E-state index contributed by atoms with van der Waals surface area (Å²) in [5, 5.41) is 10.4. The molecule has 0 atom stereocenters. The molecular formula is C26H29NO2. The number of hydrogen-bond donors (Lipinski definition) is 1. The lowest BCUT2D eigenvalue weighted by Crippen LogP contribution is -2.20. The monoisotopic (exact) mass is 387 g/mol. The molecule has 0 unspecified atom stereocenters. The van der Waals surface area contributed by atoms with E-state index in [0.29, 0.717) is 13.2 Å². The molecule has 0 saturated carbocycles. The van der Waals surface area contributed by atoms with E-state index < -0.39 is 0 Å². The largest absolute Gasteiger partial charge is 0.492 e. The molecule has 0 bridgehead atoms. The van der Waals surface area contributed by atoms with Crippen molar-refractivity contribution in [3.05, 3.63) is 102 Å². The fourth-order valence-corrected chi connectivity index (χ4v) is 3.44. The molecule has 0 aromatic heterocycles. The highest BCUT2D eigenvalue weighted by Gasteiger charge is 2.13. The number of hydrogen-bond acceptors (Lipinski definition) is 3. The van der Waals surface area contributed by atoms with E-state index in [1.165, 1.54) is 27.8 Å². The second-order valence-electron chi connectivity index (χ2n) is 7.09. The molecule has 0 saturated heterocycles. The Hall–Kier alpha value is -2.88. The van der Waals surface area contributed by atoms with E-state index in [-0.39, 0.29) is 0 Å². The third kappa shape index (κ3) is 5.80. The predicted octanol–water partition coefficient (Wildman–Crippen LogP) is 6.15. The lowest BCUT2D eigenvalue weighted by atomic mass is 9.87. The van der Waals surface area contributed by atoms with Crippen molar-refractivity contribution in [3.63, 3.8) is 0 Å². The summed E-state index contributed by atoms with van der Waals surface area (Å²) in [4.78, 5) is 0. The maximum Gasteiger partial charge on any atom is 0.119 e. The van der Waals surface area contributed by atoms with Gasteiger partial charge in [-0.05, 0) is 46.4 Å². The van der Waals surface area contributed by atoms with Gasteiger partial charge in [-0.1, -0.05) is 86.1 Å². The lowest BCUT2D eigenvalue weighted by molar-refractivity contribution is -0.0713. The number of benzene rings is 3. The first kappa shape index (κ1) is 20.8. The summed E-state index contributed by atoms with van der Waals surface area (Å²) in [5.41, 5.74) is 6.28. The number of nitrogens with zero attached hydrogens (tertiary/aromatic N) is 1. The Morgan fingerprint density at radius 1 is 0.793 bits per heavy atom. The molecule has 0 radical (unpaired) electrons. The van der Waals surface area contributed by atoms with E-state index in [1.54, 1.807) is 7.05 Å². The Balaban J connectivity index is 2.02. The summed E-state index contributed by atoms with van der Waals surface area (Å²) in [6.45, 7) is 3.13. The van der Waals surface area contributed by atoms with E-state index >= 15 is 0 Å². The first-order chi connectivity index (χ1) is 14.2. The van der Waals surface area contributed by atoms with Crippen LogP contribution in [0.15, 0.2) is 84.9 Å². The summed E-state index contributed by atoms with van der Waals surface area (Å²) in [5.74, 6) is 0.805. The Morgan fingerprint density at radius 2 is 1.34 bits per heavy atom. The van der Waals surface area contributed by atoms with Crippen molar-refractivity contribution in [2.24, 2.45) is 0 Å². The van der Waals surface area contributed by atoms with Crippen LogP contribution in [0.4, 0.5) is 0 Å². The van der Waals surface area contributed by atoms with Gasteiger partial charge in [0.05, 0.1) is 6.54 Å². The minimum absolute atomic E-state index is 0.443. The van der Waals surface area contributed by atoms with Crippen LogP contribution in [0, 0.1) is 0 Å². The Labute approximate surface area is 173 Å².